The molecule has 8 nitrogen and oxygen atoms in total. The van der Waals surface area contributed by atoms with Crippen LogP contribution in [0.25, 0.3) is 0 Å². The van der Waals surface area contributed by atoms with Gasteiger partial charge in [-0.25, -0.2) is 0 Å². The van der Waals surface area contributed by atoms with E-state index in [1.165, 1.54) is 49.6 Å². The molecule has 0 aliphatic carbocycles. The summed E-state index contributed by atoms with van der Waals surface area (Å²) in [5.41, 5.74) is 3.04. The first-order valence-corrected chi connectivity index (χ1v) is 10.6. The van der Waals surface area contributed by atoms with Gasteiger partial charge in [0.2, 0.25) is 0 Å². The van der Waals surface area contributed by atoms with Crippen molar-refractivity contribution < 1.29 is 14.5 Å². The van der Waals surface area contributed by atoms with Crippen molar-refractivity contribution in [2.75, 3.05) is 29.9 Å². The van der Waals surface area contributed by atoms with Crippen LogP contribution in [0.4, 0.5) is 17.1 Å². The second-order valence-electron chi connectivity index (χ2n) is 7.78. The minimum Gasteiger partial charge on any atom is -0.372 e. The smallest absolute Gasteiger partial charge is 0.313 e. The summed E-state index contributed by atoms with van der Waals surface area (Å²) in [6, 6.07) is 12.5. The molecule has 0 atom stereocenters. The van der Waals surface area contributed by atoms with E-state index in [0.717, 1.165) is 18.7 Å². The number of hydrogen-bond donors (Lipinski definition) is 2. The zero-order valence-corrected chi connectivity index (χ0v) is 17.7. The molecule has 1 saturated heterocycles. The Balaban J connectivity index is 1.48. The molecule has 0 aromatic heterocycles. The predicted octanol–water partition coefficient (Wildman–Crippen LogP) is 3.58. The van der Waals surface area contributed by atoms with Crippen LogP contribution in [0.2, 0.25) is 0 Å². The molecule has 0 saturated carbocycles. The number of carbonyl (C=O) groups excluding carboxylic acids is 2. The van der Waals surface area contributed by atoms with E-state index in [1.807, 2.05) is 0 Å². The van der Waals surface area contributed by atoms with Gasteiger partial charge in [-0.15, -0.1) is 0 Å². The standard InChI is InChI=1S/C23H28N4O4/c1-17-6-9-20(27(30)31)16-21(17)25-23(29)22(28)24-13-12-18-7-10-19(11-8-18)26-14-4-2-3-5-15-26/h6-11,16H,2-5,12-15H2,1H3,(H,24,28)(H,25,29). The lowest BCUT2D eigenvalue weighted by molar-refractivity contribution is -0.384. The highest BCUT2D eigenvalue weighted by molar-refractivity contribution is 6.39. The number of anilines is 2. The van der Waals surface area contributed by atoms with Crippen molar-refractivity contribution in [2.45, 2.75) is 39.0 Å². The van der Waals surface area contributed by atoms with Crippen LogP contribution in [-0.2, 0) is 16.0 Å². The second-order valence-corrected chi connectivity index (χ2v) is 7.78. The number of benzene rings is 2. The Morgan fingerprint density at radius 1 is 1.00 bits per heavy atom. The molecule has 1 fully saturated rings. The highest BCUT2D eigenvalue weighted by Gasteiger charge is 2.16. The normalized spacial score (nSPS) is 13.9. The first kappa shape index (κ1) is 22.3. The Bertz CT molecular complexity index is 935. The van der Waals surface area contributed by atoms with Crippen LogP contribution in [-0.4, -0.2) is 36.4 Å². The summed E-state index contributed by atoms with van der Waals surface area (Å²) in [6.07, 6.45) is 5.65. The van der Waals surface area contributed by atoms with E-state index in [-0.39, 0.29) is 11.4 Å². The lowest BCUT2D eigenvalue weighted by atomic mass is 10.1. The molecule has 0 spiro atoms. The van der Waals surface area contributed by atoms with Gasteiger partial charge in [0.05, 0.1) is 10.6 Å². The van der Waals surface area contributed by atoms with Crippen molar-refractivity contribution in [3.8, 4) is 0 Å². The molecule has 1 aliphatic rings. The summed E-state index contributed by atoms with van der Waals surface area (Å²) in [4.78, 5) is 37.0. The van der Waals surface area contributed by atoms with Crippen LogP contribution in [0.1, 0.15) is 36.8 Å². The first-order valence-electron chi connectivity index (χ1n) is 10.6. The Hall–Kier alpha value is -3.42. The maximum atomic E-state index is 12.1. The van der Waals surface area contributed by atoms with E-state index in [0.29, 0.717) is 18.5 Å². The Kier molecular flexibility index (Phi) is 7.59. The van der Waals surface area contributed by atoms with Crippen molar-refractivity contribution in [2.24, 2.45) is 0 Å². The quantitative estimate of drug-likeness (QED) is 0.419. The van der Waals surface area contributed by atoms with Gasteiger partial charge >= 0.3 is 11.8 Å². The average Bonchev–Trinajstić information content (AvgIpc) is 3.05. The fraction of sp³-hybridized carbons (Fsp3) is 0.391. The third kappa shape index (κ3) is 6.28. The highest BCUT2D eigenvalue weighted by atomic mass is 16.6. The predicted molar refractivity (Wildman–Crippen MR) is 120 cm³/mol. The fourth-order valence-corrected chi connectivity index (χ4v) is 3.64. The summed E-state index contributed by atoms with van der Waals surface area (Å²) in [7, 11) is 0. The molecule has 0 unspecified atom stereocenters. The molecule has 3 rings (SSSR count). The third-order valence-corrected chi connectivity index (χ3v) is 5.49. The third-order valence-electron chi connectivity index (χ3n) is 5.49. The lowest BCUT2D eigenvalue weighted by Crippen LogP contribution is -2.36. The summed E-state index contributed by atoms with van der Waals surface area (Å²) < 4.78 is 0. The number of aryl methyl sites for hydroxylation is 1. The summed E-state index contributed by atoms with van der Waals surface area (Å²) in [6.45, 7) is 4.21. The number of carbonyl (C=O) groups is 2. The van der Waals surface area contributed by atoms with E-state index >= 15 is 0 Å². The van der Waals surface area contributed by atoms with Gasteiger partial charge in [0.25, 0.3) is 5.69 Å². The van der Waals surface area contributed by atoms with Gasteiger partial charge in [-0.05, 0) is 49.4 Å². The molecular weight excluding hydrogens is 396 g/mol. The van der Waals surface area contributed by atoms with Crippen LogP contribution in [0.3, 0.4) is 0 Å². The molecule has 2 amide bonds. The van der Waals surface area contributed by atoms with Crippen LogP contribution in [0.5, 0.6) is 0 Å². The van der Waals surface area contributed by atoms with E-state index in [1.54, 1.807) is 6.92 Å². The number of non-ortho nitro benzene ring substituents is 1. The molecular formula is C23H28N4O4. The van der Waals surface area contributed by atoms with E-state index in [9.17, 15) is 19.7 Å². The van der Waals surface area contributed by atoms with E-state index in [2.05, 4.69) is 39.8 Å². The summed E-state index contributed by atoms with van der Waals surface area (Å²) in [5.74, 6) is -1.62. The Morgan fingerprint density at radius 3 is 2.32 bits per heavy atom. The second kappa shape index (κ2) is 10.6. The number of nitro groups is 1. The fourth-order valence-electron chi connectivity index (χ4n) is 3.64. The first-order chi connectivity index (χ1) is 14.9. The van der Waals surface area contributed by atoms with Gasteiger partial charge in [0.1, 0.15) is 0 Å². The molecule has 0 radical (unpaired) electrons. The molecule has 31 heavy (non-hydrogen) atoms. The van der Waals surface area contributed by atoms with Gasteiger partial charge in [0, 0.05) is 37.5 Å². The molecule has 2 aromatic carbocycles. The van der Waals surface area contributed by atoms with Crippen molar-refractivity contribution in [1.82, 2.24) is 5.32 Å². The number of hydrogen-bond acceptors (Lipinski definition) is 5. The number of amides is 2. The van der Waals surface area contributed by atoms with Gasteiger partial charge in [-0.1, -0.05) is 31.0 Å². The molecule has 2 aromatic rings. The lowest BCUT2D eigenvalue weighted by Gasteiger charge is -2.22. The molecule has 2 N–H and O–H groups in total. The summed E-state index contributed by atoms with van der Waals surface area (Å²) >= 11 is 0. The number of nitrogens with one attached hydrogen (secondary N) is 2. The molecule has 1 heterocycles. The number of nitro benzene ring substituents is 1. The zero-order valence-electron chi connectivity index (χ0n) is 17.7. The van der Waals surface area contributed by atoms with E-state index < -0.39 is 16.7 Å². The van der Waals surface area contributed by atoms with Gasteiger partial charge < -0.3 is 15.5 Å². The van der Waals surface area contributed by atoms with E-state index in [4.69, 9.17) is 0 Å². The molecule has 8 heteroatoms. The topological polar surface area (TPSA) is 105 Å². The Labute approximate surface area is 181 Å². The van der Waals surface area contributed by atoms with Gasteiger partial charge in [-0.3, -0.25) is 19.7 Å². The van der Waals surface area contributed by atoms with Crippen LogP contribution in [0, 0.1) is 17.0 Å². The molecule has 1 aliphatic heterocycles. The van der Waals surface area contributed by atoms with Crippen molar-refractivity contribution in [3.63, 3.8) is 0 Å². The van der Waals surface area contributed by atoms with Crippen LogP contribution >= 0.6 is 0 Å². The molecule has 0 bridgehead atoms. The largest absolute Gasteiger partial charge is 0.372 e. The van der Waals surface area contributed by atoms with Crippen molar-refractivity contribution >= 4 is 28.9 Å². The SMILES string of the molecule is Cc1ccc([N+](=O)[O-])cc1NC(=O)C(=O)NCCc1ccc(N2CCCCCC2)cc1. The highest BCUT2D eigenvalue weighted by Crippen LogP contribution is 2.22. The monoisotopic (exact) mass is 424 g/mol. The minimum atomic E-state index is -0.847. The molecule has 164 valence electrons. The zero-order chi connectivity index (χ0) is 22.2. The maximum absolute atomic E-state index is 12.1. The minimum absolute atomic E-state index is 0.148. The number of rotatable bonds is 6. The van der Waals surface area contributed by atoms with Gasteiger partial charge in [-0.2, -0.15) is 0 Å². The van der Waals surface area contributed by atoms with Gasteiger partial charge in [0.15, 0.2) is 0 Å². The average molecular weight is 425 g/mol. The summed E-state index contributed by atoms with van der Waals surface area (Å²) in [5, 5.41) is 15.9. The maximum Gasteiger partial charge on any atom is 0.313 e. The Morgan fingerprint density at radius 2 is 1.68 bits per heavy atom. The van der Waals surface area contributed by atoms with Crippen LogP contribution in [0.15, 0.2) is 42.5 Å². The number of nitrogens with zero attached hydrogens (tertiary/aromatic N) is 2. The van der Waals surface area contributed by atoms with Crippen LogP contribution < -0.4 is 15.5 Å². The van der Waals surface area contributed by atoms with Crippen molar-refractivity contribution in [1.29, 1.82) is 0 Å². The van der Waals surface area contributed by atoms with Crippen molar-refractivity contribution in [3.05, 3.63) is 63.7 Å².